The summed E-state index contributed by atoms with van der Waals surface area (Å²) in [6, 6.07) is 9.35. The molecule has 0 aliphatic rings. The highest BCUT2D eigenvalue weighted by Crippen LogP contribution is 2.15. The number of aromatic nitrogens is 2. The molecule has 0 aliphatic heterocycles. The second kappa shape index (κ2) is 6.41. The van der Waals surface area contributed by atoms with E-state index in [0.29, 0.717) is 17.9 Å². The first kappa shape index (κ1) is 15.1. The monoisotopic (exact) mass is 287 g/mol. The fraction of sp³-hybridized carbons (Fsp3) is 0.333. The predicted octanol–water partition coefficient (Wildman–Crippen LogP) is 1.13. The van der Waals surface area contributed by atoms with Gasteiger partial charge in [0.2, 0.25) is 0 Å². The number of amides is 1. The number of nitrogens with one attached hydrogen (secondary N) is 1. The first-order valence-electron chi connectivity index (χ1n) is 6.84. The fourth-order valence-electron chi connectivity index (χ4n) is 1.79. The standard InChI is InChI=1S/C15H21N5O/c1-11(19(2)3)10-17-15(21)13-8-9-20(18-13)14-7-5-4-6-12(14)16/h4-9,11H,10,16H2,1-3H3,(H,17,21). The highest BCUT2D eigenvalue weighted by molar-refractivity contribution is 5.92. The van der Waals surface area contributed by atoms with E-state index in [1.54, 1.807) is 23.0 Å². The number of rotatable bonds is 5. The summed E-state index contributed by atoms with van der Waals surface area (Å²) in [6.45, 7) is 2.62. The van der Waals surface area contributed by atoms with Crippen LogP contribution in [0.3, 0.4) is 0 Å². The maximum Gasteiger partial charge on any atom is 0.271 e. The van der Waals surface area contributed by atoms with Crippen molar-refractivity contribution in [2.24, 2.45) is 0 Å². The average Bonchev–Trinajstić information content (AvgIpc) is 2.94. The second-order valence-corrected chi connectivity index (χ2v) is 5.23. The molecule has 1 heterocycles. The quantitative estimate of drug-likeness (QED) is 0.808. The number of carbonyl (C=O) groups excluding carboxylic acids is 1. The lowest BCUT2D eigenvalue weighted by Crippen LogP contribution is -2.38. The molecule has 6 heteroatoms. The average molecular weight is 287 g/mol. The number of nitrogens with zero attached hydrogens (tertiary/aromatic N) is 3. The molecule has 1 atom stereocenters. The van der Waals surface area contributed by atoms with Crippen molar-refractivity contribution in [3.63, 3.8) is 0 Å². The zero-order valence-corrected chi connectivity index (χ0v) is 12.6. The van der Waals surface area contributed by atoms with E-state index in [0.717, 1.165) is 5.69 Å². The number of hydrogen-bond acceptors (Lipinski definition) is 4. The van der Waals surface area contributed by atoms with Crippen LogP contribution in [0.25, 0.3) is 5.69 Å². The summed E-state index contributed by atoms with van der Waals surface area (Å²) in [4.78, 5) is 14.1. The summed E-state index contributed by atoms with van der Waals surface area (Å²) >= 11 is 0. The van der Waals surface area contributed by atoms with E-state index in [1.165, 1.54) is 0 Å². The summed E-state index contributed by atoms with van der Waals surface area (Å²) in [5.74, 6) is -0.183. The molecule has 6 nitrogen and oxygen atoms in total. The number of carbonyl (C=O) groups is 1. The number of para-hydroxylation sites is 2. The Kier molecular flexibility index (Phi) is 4.59. The molecule has 1 aromatic carbocycles. The molecule has 2 rings (SSSR count). The van der Waals surface area contributed by atoms with E-state index >= 15 is 0 Å². The highest BCUT2D eigenvalue weighted by atomic mass is 16.1. The number of nitrogen functional groups attached to an aromatic ring is 1. The van der Waals surface area contributed by atoms with Gasteiger partial charge < -0.3 is 16.0 Å². The summed E-state index contributed by atoms with van der Waals surface area (Å²) in [5.41, 5.74) is 7.66. The Bertz CT molecular complexity index is 620. The van der Waals surface area contributed by atoms with E-state index < -0.39 is 0 Å². The Morgan fingerprint density at radius 1 is 1.38 bits per heavy atom. The van der Waals surface area contributed by atoms with Crippen LogP contribution in [0.4, 0.5) is 5.69 Å². The van der Waals surface area contributed by atoms with Crippen molar-refractivity contribution in [1.29, 1.82) is 0 Å². The van der Waals surface area contributed by atoms with Crippen molar-refractivity contribution in [2.45, 2.75) is 13.0 Å². The minimum Gasteiger partial charge on any atom is -0.397 e. The molecule has 3 N–H and O–H groups in total. The fourth-order valence-corrected chi connectivity index (χ4v) is 1.79. The lowest BCUT2D eigenvalue weighted by atomic mass is 10.3. The van der Waals surface area contributed by atoms with E-state index in [4.69, 9.17) is 5.73 Å². The summed E-state index contributed by atoms with van der Waals surface area (Å²) in [5, 5.41) is 7.15. The maximum atomic E-state index is 12.1. The SMILES string of the molecule is CC(CNC(=O)c1ccn(-c2ccccc2N)n1)N(C)C. The van der Waals surface area contributed by atoms with Gasteiger partial charge in [0.25, 0.3) is 5.91 Å². The Balaban J connectivity index is 2.06. The molecular weight excluding hydrogens is 266 g/mol. The third-order valence-corrected chi connectivity index (χ3v) is 3.44. The molecule has 0 aliphatic carbocycles. The third kappa shape index (κ3) is 3.61. The molecule has 21 heavy (non-hydrogen) atoms. The van der Waals surface area contributed by atoms with Gasteiger partial charge in [0.1, 0.15) is 0 Å². The van der Waals surface area contributed by atoms with Crippen LogP contribution in [0, 0.1) is 0 Å². The third-order valence-electron chi connectivity index (χ3n) is 3.44. The number of hydrogen-bond donors (Lipinski definition) is 2. The molecule has 1 amide bonds. The van der Waals surface area contributed by atoms with E-state index in [-0.39, 0.29) is 11.9 Å². The smallest absolute Gasteiger partial charge is 0.271 e. The van der Waals surface area contributed by atoms with Gasteiger partial charge in [-0.3, -0.25) is 4.79 Å². The van der Waals surface area contributed by atoms with Crippen LogP contribution in [-0.2, 0) is 0 Å². The van der Waals surface area contributed by atoms with Crippen LogP contribution in [-0.4, -0.2) is 47.3 Å². The number of benzene rings is 1. The number of anilines is 1. The lowest BCUT2D eigenvalue weighted by molar-refractivity contribution is 0.0938. The maximum absolute atomic E-state index is 12.1. The van der Waals surface area contributed by atoms with Crippen molar-refractivity contribution in [3.05, 3.63) is 42.2 Å². The molecule has 0 saturated carbocycles. The molecule has 2 aromatic rings. The van der Waals surface area contributed by atoms with Crippen molar-refractivity contribution in [3.8, 4) is 5.69 Å². The minimum atomic E-state index is -0.183. The van der Waals surface area contributed by atoms with Crippen LogP contribution in [0.5, 0.6) is 0 Å². The summed E-state index contributed by atoms with van der Waals surface area (Å²) in [6.07, 6.45) is 1.73. The molecule has 1 unspecified atom stereocenters. The van der Waals surface area contributed by atoms with Crippen molar-refractivity contribution in [1.82, 2.24) is 20.0 Å². The zero-order chi connectivity index (χ0) is 15.4. The van der Waals surface area contributed by atoms with Crippen molar-refractivity contribution < 1.29 is 4.79 Å². The van der Waals surface area contributed by atoms with E-state index in [9.17, 15) is 4.79 Å². The van der Waals surface area contributed by atoms with Crippen LogP contribution in [0.1, 0.15) is 17.4 Å². The Morgan fingerprint density at radius 3 is 2.76 bits per heavy atom. The van der Waals surface area contributed by atoms with Gasteiger partial charge in [0.15, 0.2) is 5.69 Å². The molecule has 0 fully saturated rings. The largest absolute Gasteiger partial charge is 0.397 e. The van der Waals surface area contributed by atoms with Crippen molar-refractivity contribution >= 4 is 11.6 Å². The van der Waals surface area contributed by atoms with E-state index in [2.05, 4.69) is 10.4 Å². The summed E-state index contributed by atoms with van der Waals surface area (Å²) < 4.78 is 1.61. The molecule has 0 spiro atoms. The van der Waals surface area contributed by atoms with Crippen molar-refractivity contribution in [2.75, 3.05) is 26.4 Å². The Labute approximate surface area is 124 Å². The van der Waals surface area contributed by atoms with Gasteiger partial charge in [0, 0.05) is 18.8 Å². The Hall–Kier alpha value is -2.34. The molecule has 0 radical (unpaired) electrons. The number of likely N-dealkylation sites (N-methyl/N-ethyl adjacent to an activating group) is 1. The van der Waals surface area contributed by atoms with Crippen LogP contribution in [0.2, 0.25) is 0 Å². The van der Waals surface area contributed by atoms with Crippen LogP contribution < -0.4 is 11.1 Å². The van der Waals surface area contributed by atoms with Gasteiger partial charge in [-0.1, -0.05) is 12.1 Å². The predicted molar refractivity (Wildman–Crippen MR) is 83.5 cm³/mol. The molecule has 0 saturated heterocycles. The second-order valence-electron chi connectivity index (χ2n) is 5.23. The van der Waals surface area contributed by atoms with Gasteiger partial charge in [-0.25, -0.2) is 4.68 Å². The van der Waals surface area contributed by atoms with Crippen LogP contribution >= 0.6 is 0 Å². The zero-order valence-electron chi connectivity index (χ0n) is 12.6. The first-order chi connectivity index (χ1) is 9.99. The normalized spacial score (nSPS) is 12.4. The molecule has 1 aromatic heterocycles. The summed E-state index contributed by atoms with van der Waals surface area (Å²) in [7, 11) is 3.95. The topological polar surface area (TPSA) is 76.2 Å². The Morgan fingerprint density at radius 2 is 2.10 bits per heavy atom. The van der Waals surface area contributed by atoms with Gasteiger partial charge >= 0.3 is 0 Å². The van der Waals surface area contributed by atoms with Gasteiger partial charge in [0.05, 0.1) is 11.4 Å². The van der Waals surface area contributed by atoms with E-state index in [1.807, 2.05) is 44.1 Å². The van der Waals surface area contributed by atoms with Gasteiger partial charge in [-0.05, 0) is 39.2 Å². The minimum absolute atomic E-state index is 0.183. The molecule has 0 bridgehead atoms. The first-order valence-corrected chi connectivity index (χ1v) is 6.84. The highest BCUT2D eigenvalue weighted by Gasteiger charge is 2.12. The molecule has 112 valence electrons. The molecular formula is C15H21N5O. The van der Waals surface area contributed by atoms with Gasteiger partial charge in [-0.15, -0.1) is 0 Å². The van der Waals surface area contributed by atoms with Crippen LogP contribution in [0.15, 0.2) is 36.5 Å². The van der Waals surface area contributed by atoms with Gasteiger partial charge in [-0.2, -0.15) is 5.10 Å². The number of nitrogens with two attached hydrogens (primary N) is 1. The lowest BCUT2D eigenvalue weighted by Gasteiger charge is -2.19.